The highest BCUT2D eigenvalue weighted by molar-refractivity contribution is 5.77. The second kappa shape index (κ2) is 9.59. The molecule has 0 bridgehead atoms. The number of carbonyl (C=O) groups excluding carboxylic acids is 2. The van der Waals surface area contributed by atoms with Gasteiger partial charge < -0.3 is 10.2 Å². The molecule has 7 nitrogen and oxygen atoms in total. The molecule has 2 amide bonds. The molecule has 2 fully saturated rings. The first kappa shape index (κ1) is 22.7. The molecule has 0 aromatic carbocycles. The normalized spacial score (nSPS) is 19.4. The maximum Gasteiger partial charge on any atom is 0.222 e. The lowest BCUT2D eigenvalue weighted by atomic mass is 10.0. The molecule has 174 valence electrons. The lowest BCUT2D eigenvalue weighted by Gasteiger charge is -2.18. The van der Waals surface area contributed by atoms with Crippen LogP contribution in [0, 0.1) is 19.8 Å². The number of fused-ring (bicyclic) bond motifs is 1. The zero-order chi connectivity index (χ0) is 22.8. The molecule has 2 aromatic rings. The summed E-state index contributed by atoms with van der Waals surface area (Å²) in [6, 6.07) is 2.22. The van der Waals surface area contributed by atoms with Gasteiger partial charge in [0.25, 0.3) is 0 Å². The number of rotatable bonds is 7. The van der Waals surface area contributed by atoms with Crippen molar-refractivity contribution in [2.24, 2.45) is 5.92 Å². The van der Waals surface area contributed by atoms with Crippen molar-refractivity contribution in [3.05, 3.63) is 28.7 Å². The highest BCUT2D eigenvalue weighted by Crippen LogP contribution is 2.31. The predicted molar refractivity (Wildman–Crippen MR) is 125 cm³/mol. The molecule has 2 aliphatic rings. The number of hydrogen-bond donors (Lipinski definition) is 1. The van der Waals surface area contributed by atoms with Crippen LogP contribution in [-0.4, -0.2) is 50.4 Å². The first-order chi connectivity index (χ1) is 15.3. The van der Waals surface area contributed by atoms with Gasteiger partial charge in [-0.3, -0.25) is 9.59 Å². The van der Waals surface area contributed by atoms with Crippen molar-refractivity contribution in [1.82, 2.24) is 24.8 Å². The minimum atomic E-state index is 0.0633. The Kier molecular flexibility index (Phi) is 6.82. The van der Waals surface area contributed by atoms with E-state index < -0.39 is 0 Å². The van der Waals surface area contributed by atoms with E-state index in [4.69, 9.17) is 10.1 Å². The van der Waals surface area contributed by atoms with Crippen LogP contribution in [-0.2, 0) is 16.0 Å². The molecule has 0 spiro atoms. The molecule has 7 heteroatoms. The third-order valence-electron chi connectivity index (χ3n) is 7.13. The molecule has 32 heavy (non-hydrogen) atoms. The second-order valence-electron chi connectivity index (χ2n) is 10.0. The van der Waals surface area contributed by atoms with E-state index in [1.165, 1.54) is 25.7 Å². The van der Waals surface area contributed by atoms with Crippen molar-refractivity contribution in [3.8, 4) is 0 Å². The molecule has 1 atom stereocenters. The van der Waals surface area contributed by atoms with Gasteiger partial charge in [-0.2, -0.15) is 5.10 Å². The maximum atomic E-state index is 12.7. The minimum Gasteiger partial charge on any atom is -0.354 e. The Hall–Kier alpha value is -2.44. The van der Waals surface area contributed by atoms with Crippen molar-refractivity contribution in [2.45, 2.75) is 91.0 Å². The number of nitrogens with zero attached hydrogens (tertiary/aromatic N) is 4. The van der Waals surface area contributed by atoms with Gasteiger partial charge in [0.1, 0.15) is 0 Å². The first-order valence-corrected chi connectivity index (χ1v) is 12.2. The van der Waals surface area contributed by atoms with Gasteiger partial charge in [-0.15, -0.1) is 0 Å². The van der Waals surface area contributed by atoms with Gasteiger partial charge in [-0.25, -0.2) is 9.50 Å². The van der Waals surface area contributed by atoms with Gasteiger partial charge in [-0.1, -0.05) is 12.8 Å². The van der Waals surface area contributed by atoms with Crippen LogP contribution in [0.15, 0.2) is 6.07 Å². The summed E-state index contributed by atoms with van der Waals surface area (Å²) in [4.78, 5) is 31.7. The number of amides is 2. The van der Waals surface area contributed by atoms with Crippen molar-refractivity contribution in [2.75, 3.05) is 13.1 Å². The molecule has 1 unspecified atom stereocenters. The molecular weight excluding hydrogens is 402 g/mol. The van der Waals surface area contributed by atoms with E-state index in [1.54, 1.807) is 0 Å². The van der Waals surface area contributed by atoms with E-state index in [0.717, 1.165) is 47.8 Å². The Balaban J connectivity index is 1.44. The van der Waals surface area contributed by atoms with Gasteiger partial charge in [0.15, 0.2) is 5.65 Å². The predicted octanol–water partition coefficient (Wildman–Crippen LogP) is 3.70. The average Bonchev–Trinajstić information content (AvgIpc) is 3.47. The third-order valence-corrected chi connectivity index (χ3v) is 7.13. The van der Waals surface area contributed by atoms with E-state index in [1.807, 2.05) is 30.2 Å². The van der Waals surface area contributed by atoms with Crippen molar-refractivity contribution in [3.63, 3.8) is 0 Å². The van der Waals surface area contributed by atoms with Crippen LogP contribution in [0.4, 0.5) is 0 Å². The summed E-state index contributed by atoms with van der Waals surface area (Å²) in [5.41, 5.74) is 4.96. The topological polar surface area (TPSA) is 79.6 Å². The van der Waals surface area contributed by atoms with E-state index in [0.29, 0.717) is 31.1 Å². The zero-order valence-electron chi connectivity index (χ0n) is 20.0. The second-order valence-corrected chi connectivity index (χ2v) is 10.0. The Morgan fingerprint density at radius 2 is 1.94 bits per heavy atom. The van der Waals surface area contributed by atoms with Crippen LogP contribution in [0.1, 0.15) is 87.4 Å². The Morgan fingerprint density at radius 3 is 2.66 bits per heavy atom. The number of nitrogens with one attached hydrogen (secondary N) is 1. The molecule has 1 saturated heterocycles. The highest BCUT2D eigenvalue weighted by atomic mass is 16.2. The first-order valence-electron chi connectivity index (χ1n) is 12.2. The van der Waals surface area contributed by atoms with Crippen LogP contribution < -0.4 is 5.32 Å². The number of hydrogen-bond acceptors (Lipinski definition) is 4. The standard InChI is InChI=1S/C25H37N5O2/c1-16(2)26-24(31)10-9-21-17(3)27-23-14-22(28-30(23)18(21)4)20-11-12-29(15-20)25(32)13-19-7-5-6-8-19/h14,16,19-20H,5-13,15H2,1-4H3,(H,26,31). The van der Waals surface area contributed by atoms with Crippen LogP contribution >= 0.6 is 0 Å². The molecule has 1 saturated carbocycles. The molecule has 0 radical (unpaired) electrons. The number of aromatic nitrogens is 3. The molecule has 1 aliphatic carbocycles. The fourth-order valence-electron chi connectivity index (χ4n) is 5.36. The van der Waals surface area contributed by atoms with Crippen molar-refractivity contribution < 1.29 is 9.59 Å². The SMILES string of the molecule is Cc1nc2cc(C3CCN(C(=O)CC4CCCC4)C3)nn2c(C)c1CCC(=O)NC(C)C. The smallest absolute Gasteiger partial charge is 0.222 e. The van der Waals surface area contributed by atoms with Crippen LogP contribution in [0.25, 0.3) is 5.65 Å². The molecular formula is C25H37N5O2. The number of carbonyl (C=O) groups is 2. The Labute approximate surface area is 191 Å². The molecule has 1 aliphatic heterocycles. The molecule has 2 aromatic heterocycles. The molecule has 1 N–H and O–H groups in total. The molecule has 4 rings (SSSR count). The summed E-state index contributed by atoms with van der Waals surface area (Å²) in [7, 11) is 0. The Bertz CT molecular complexity index is 990. The fourth-order valence-corrected chi connectivity index (χ4v) is 5.36. The summed E-state index contributed by atoms with van der Waals surface area (Å²) >= 11 is 0. The van der Waals surface area contributed by atoms with Gasteiger partial charge >= 0.3 is 0 Å². The summed E-state index contributed by atoms with van der Waals surface area (Å²) in [6.45, 7) is 9.59. The van der Waals surface area contributed by atoms with E-state index in [9.17, 15) is 9.59 Å². The van der Waals surface area contributed by atoms with Gasteiger partial charge in [0.2, 0.25) is 11.8 Å². The summed E-state index contributed by atoms with van der Waals surface area (Å²) in [5, 5.41) is 7.84. The zero-order valence-corrected chi connectivity index (χ0v) is 20.0. The van der Waals surface area contributed by atoms with Crippen LogP contribution in [0.5, 0.6) is 0 Å². The quantitative estimate of drug-likeness (QED) is 0.713. The van der Waals surface area contributed by atoms with Crippen molar-refractivity contribution in [1.29, 1.82) is 0 Å². The largest absolute Gasteiger partial charge is 0.354 e. The van der Waals surface area contributed by atoms with Gasteiger partial charge in [0, 0.05) is 55.3 Å². The van der Waals surface area contributed by atoms with E-state index in [2.05, 4.69) is 18.3 Å². The lowest BCUT2D eigenvalue weighted by molar-refractivity contribution is -0.131. The monoisotopic (exact) mass is 439 g/mol. The van der Waals surface area contributed by atoms with Crippen LogP contribution in [0.3, 0.4) is 0 Å². The summed E-state index contributed by atoms with van der Waals surface area (Å²) in [6.07, 6.45) is 7.74. The van der Waals surface area contributed by atoms with E-state index >= 15 is 0 Å². The maximum absolute atomic E-state index is 12.7. The van der Waals surface area contributed by atoms with Crippen LogP contribution in [0.2, 0.25) is 0 Å². The number of aryl methyl sites for hydroxylation is 2. The highest BCUT2D eigenvalue weighted by Gasteiger charge is 2.31. The van der Waals surface area contributed by atoms with Gasteiger partial charge in [-0.05, 0) is 64.9 Å². The van der Waals surface area contributed by atoms with E-state index in [-0.39, 0.29) is 17.9 Å². The summed E-state index contributed by atoms with van der Waals surface area (Å²) < 4.78 is 1.92. The average molecular weight is 440 g/mol. The fraction of sp³-hybridized carbons (Fsp3) is 0.680. The Morgan fingerprint density at radius 1 is 1.19 bits per heavy atom. The number of likely N-dealkylation sites (tertiary alicyclic amines) is 1. The third kappa shape index (κ3) is 4.97. The lowest BCUT2D eigenvalue weighted by Crippen LogP contribution is -2.30. The summed E-state index contributed by atoms with van der Waals surface area (Å²) in [5.74, 6) is 1.24. The minimum absolute atomic E-state index is 0.0633. The molecule has 3 heterocycles. The van der Waals surface area contributed by atoms with Gasteiger partial charge in [0.05, 0.1) is 5.69 Å². The van der Waals surface area contributed by atoms with Crippen molar-refractivity contribution >= 4 is 17.5 Å².